The Labute approximate surface area is 331 Å². The third-order valence-electron chi connectivity index (χ3n) is 14.3. The first-order valence-corrected chi connectivity index (χ1v) is 20.9. The van der Waals surface area contributed by atoms with E-state index in [1.807, 2.05) is 0 Å². The van der Waals surface area contributed by atoms with Crippen molar-refractivity contribution in [1.29, 1.82) is 0 Å². The fourth-order valence-electron chi connectivity index (χ4n) is 11.2. The van der Waals surface area contributed by atoms with Gasteiger partial charge < -0.3 is 4.42 Å². The summed E-state index contributed by atoms with van der Waals surface area (Å²) in [5.41, 5.74) is 13.9. The van der Waals surface area contributed by atoms with E-state index in [9.17, 15) is 0 Å². The second-order valence-electron chi connectivity index (χ2n) is 17.7. The van der Waals surface area contributed by atoms with Crippen LogP contribution in [0.2, 0.25) is 0 Å². The Balaban J connectivity index is 1.25. The first-order valence-electron chi connectivity index (χ1n) is 20.9. The molecule has 1 saturated heterocycles. The molecule has 4 atom stereocenters. The molecule has 7 aromatic rings. The van der Waals surface area contributed by atoms with Crippen LogP contribution in [0.5, 0.6) is 0 Å². The summed E-state index contributed by atoms with van der Waals surface area (Å²) in [5.74, 6) is 2.06. The molecule has 4 aliphatic heterocycles. The van der Waals surface area contributed by atoms with Crippen LogP contribution < -0.4 is 9.05 Å². The highest BCUT2D eigenvalue weighted by Crippen LogP contribution is 2.58. The van der Waals surface area contributed by atoms with Gasteiger partial charge in [0.2, 0.25) is 12.8 Å². The molecule has 56 heavy (non-hydrogen) atoms. The maximum Gasteiger partial charge on any atom is 0.294 e. The normalized spacial score (nSPS) is 23.2. The van der Waals surface area contributed by atoms with Gasteiger partial charge in [0.15, 0.2) is 23.7 Å². The largest absolute Gasteiger partial charge is 0.450 e. The monoisotopic (exact) mass is 739 g/mol. The van der Waals surface area contributed by atoms with Crippen LogP contribution in [0.15, 0.2) is 132 Å². The molecule has 4 aliphatic rings. The summed E-state index contributed by atoms with van der Waals surface area (Å²) in [6, 6.07) is 38.5. The minimum Gasteiger partial charge on any atom is -0.450 e. The third kappa shape index (κ3) is 4.59. The number of nitrogens with zero attached hydrogens (tertiary/aromatic N) is 4. The number of quaternary nitrogens is 2. The Bertz CT molecular complexity index is 2680. The highest BCUT2D eigenvalue weighted by Gasteiger charge is 2.68. The summed E-state index contributed by atoms with van der Waals surface area (Å²) in [5, 5.41) is 2.40. The van der Waals surface area contributed by atoms with E-state index in [2.05, 4.69) is 193 Å². The molecule has 0 aliphatic carbocycles. The zero-order valence-corrected chi connectivity index (χ0v) is 34.3. The number of benzene rings is 5. The molecular formula is C51H55N4O+3. The van der Waals surface area contributed by atoms with E-state index in [4.69, 9.17) is 4.42 Å². The average Bonchev–Trinajstić information content (AvgIpc) is 3.99. The maximum atomic E-state index is 7.00. The lowest BCUT2D eigenvalue weighted by Gasteiger charge is -2.52. The predicted molar refractivity (Wildman–Crippen MR) is 231 cm³/mol. The van der Waals surface area contributed by atoms with Gasteiger partial charge in [-0.25, -0.2) is 4.57 Å². The summed E-state index contributed by atoms with van der Waals surface area (Å²) in [7, 11) is 2.37. The zero-order valence-electron chi connectivity index (χ0n) is 34.3. The first-order chi connectivity index (χ1) is 27.1. The molecule has 0 N–H and O–H groups in total. The van der Waals surface area contributed by atoms with Gasteiger partial charge in [-0.2, -0.15) is 13.5 Å². The third-order valence-corrected chi connectivity index (χ3v) is 14.3. The molecule has 11 rings (SSSR count). The van der Waals surface area contributed by atoms with Crippen molar-refractivity contribution in [3.63, 3.8) is 0 Å². The van der Waals surface area contributed by atoms with Gasteiger partial charge in [-0.3, -0.25) is 0 Å². The van der Waals surface area contributed by atoms with Crippen molar-refractivity contribution < 1.29 is 13.5 Å². The van der Waals surface area contributed by atoms with Crippen molar-refractivity contribution in [2.24, 2.45) is 0 Å². The Morgan fingerprint density at radius 1 is 0.768 bits per heavy atom. The molecular weight excluding hydrogens is 685 g/mol. The van der Waals surface area contributed by atoms with Crippen LogP contribution in [0, 0.1) is 0 Å². The van der Waals surface area contributed by atoms with Gasteiger partial charge in [-0.05, 0) is 71.7 Å². The Kier molecular flexibility index (Phi) is 7.78. The Morgan fingerprint density at radius 3 is 2.11 bits per heavy atom. The second kappa shape index (κ2) is 12.4. The van der Waals surface area contributed by atoms with Gasteiger partial charge in [0.25, 0.3) is 5.82 Å². The highest BCUT2D eigenvalue weighted by atomic mass is 16.3. The summed E-state index contributed by atoms with van der Waals surface area (Å²) < 4.78 is 14.0. The molecule has 6 heterocycles. The Morgan fingerprint density at radius 2 is 1.45 bits per heavy atom. The number of fused-ring (bicyclic) bond motifs is 6. The van der Waals surface area contributed by atoms with Crippen LogP contribution in [-0.2, 0) is 5.54 Å². The molecule has 282 valence electrons. The molecule has 0 amide bonds. The van der Waals surface area contributed by atoms with Gasteiger partial charge in [0.05, 0.1) is 18.5 Å². The van der Waals surface area contributed by atoms with Gasteiger partial charge in [-0.15, -0.1) is 0 Å². The van der Waals surface area contributed by atoms with Gasteiger partial charge in [-0.1, -0.05) is 114 Å². The van der Waals surface area contributed by atoms with Crippen LogP contribution in [0.25, 0.3) is 50.1 Å². The average molecular weight is 740 g/mol. The minimum absolute atomic E-state index is 0.109. The molecule has 5 heteroatoms. The van der Waals surface area contributed by atoms with E-state index in [0.29, 0.717) is 18.0 Å². The molecule has 4 unspecified atom stereocenters. The van der Waals surface area contributed by atoms with Crippen molar-refractivity contribution in [2.45, 2.75) is 90.8 Å². The molecule has 5 nitrogen and oxygen atoms in total. The number of aromatic nitrogens is 2. The first kappa shape index (κ1) is 35.2. The molecule has 0 saturated carbocycles. The predicted octanol–water partition coefficient (Wildman–Crippen LogP) is 12.5. The highest BCUT2D eigenvalue weighted by molar-refractivity contribution is 6.09. The molecule has 0 radical (unpaired) electrons. The maximum absolute atomic E-state index is 7.00. The minimum atomic E-state index is -0.225. The molecule has 2 bridgehead atoms. The van der Waals surface area contributed by atoms with Crippen LogP contribution >= 0.6 is 0 Å². The van der Waals surface area contributed by atoms with Gasteiger partial charge in [0.1, 0.15) is 29.2 Å². The smallest absolute Gasteiger partial charge is 0.294 e. The Hall–Kier alpha value is -5.23. The lowest BCUT2D eigenvalue weighted by Crippen LogP contribution is -2.76. The van der Waals surface area contributed by atoms with E-state index >= 15 is 0 Å². The number of hydrogen-bond acceptors (Lipinski definition) is 1. The standard InChI is InChI=1S/C51H55N4O/c1-9-51(10-2)46(42-25-24-40-38-20-16-17-23-45(38)56-49(40)48(42)55-29-28-54(8,32-55)35(55)7)39-21-14-15-22-41(39)50-52(26-27-53(50)51)47-43(33(3)4)30-37(31-44(47)34(5)6)36-18-12-11-13-19-36/h11-31,33-35,46H,9-10,32H2,1-8H3/q+3. The second-order valence-corrected chi connectivity index (χ2v) is 17.7. The van der Waals surface area contributed by atoms with Crippen molar-refractivity contribution in [2.75, 3.05) is 13.7 Å². The van der Waals surface area contributed by atoms with Crippen molar-refractivity contribution in [1.82, 2.24) is 9.05 Å². The van der Waals surface area contributed by atoms with Crippen LogP contribution in [0.3, 0.4) is 0 Å². The summed E-state index contributed by atoms with van der Waals surface area (Å²) in [6.45, 7) is 17.7. The SMILES string of the molecule is CCC1(CC)C(c2ccc3c(oc4ccccc43)c2[N+]23C=C[N+](C)(C2)C3C)c2ccccc2-c2n(-c3c(C(C)C)cc(-c4ccccc4)cc3C(C)C)cc[n+]21. The number of hydrogen-bond donors (Lipinski definition) is 0. The lowest BCUT2D eigenvalue weighted by molar-refractivity contribution is -0.941. The quantitative estimate of drug-likeness (QED) is 0.112. The number of rotatable bonds is 8. The zero-order chi connectivity index (χ0) is 38.7. The van der Waals surface area contributed by atoms with Crippen molar-refractivity contribution in [3.05, 3.63) is 150 Å². The van der Waals surface area contributed by atoms with Crippen LogP contribution in [0.4, 0.5) is 5.69 Å². The summed E-state index contributed by atoms with van der Waals surface area (Å²) >= 11 is 0. The number of furan rings is 1. The summed E-state index contributed by atoms with van der Waals surface area (Å²) in [4.78, 5) is 0. The topological polar surface area (TPSA) is 21.9 Å². The van der Waals surface area contributed by atoms with Crippen molar-refractivity contribution in [3.8, 4) is 28.2 Å². The van der Waals surface area contributed by atoms with E-state index in [1.54, 1.807) is 0 Å². The van der Waals surface area contributed by atoms with Crippen LogP contribution in [0.1, 0.15) is 101 Å². The number of imidazole rings is 1. The number of para-hydroxylation sites is 1. The van der Waals surface area contributed by atoms with E-state index in [1.165, 1.54) is 66.9 Å². The molecule has 1 fully saturated rings. The van der Waals surface area contributed by atoms with Gasteiger partial charge >= 0.3 is 0 Å². The van der Waals surface area contributed by atoms with E-state index < -0.39 is 0 Å². The fourth-order valence-corrected chi connectivity index (χ4v) is 11.2. The van der Waals surface area contributed by atoms with Gasteiger partial charge in [0, 0.05) is 34.4 Å². The molecule has 5 aromatic carbocycles. The fraction of sp³-hybridized carbons (Fsp3) is 0.314. The molecule has 2 aromatic heterocycles. The summed E-state index contributed by atoms with van der Waals surface area (Å²) in [6.07, 6.45) is 12.0. The van der Waals surface area contributed by atoms with Crippen LogP contribution in [-0.4, -0.2) is 28.9 Å². The molecule has 0 spiro atoms. The van der Waals surface area contributed by atoms with Crippen molar-refractivity contribution >= 4 is 27.6 Å². The van der Waals surface area contributed by atoms with E-state index in [0.717, 1.165) is 39.6 Å². The lowest BCUT2D eigenvalue weighted by atomic mass is 9.67. The van der Waals surface area contributed by atoms with E-state index in [-0.39, 0.29) is 11.5 Å².